The number of rotatable bonds is 1. The van der Waals surface area contributed by atoms with Crippen molar-refractivity contribution < 1.29 is 4.79 Å². The molecule has 4 heteroatoms. The smallest absolute Gasteiger partial charge is 0.253 e. The maximum atomic E-state index is 12.3. The Labute approximate surface area is 115 Å². The van der Waals surface area contributed by atoms with Gasteiger partial charge in [0.15, 0.2) is 0 Å². The quantitative estimate of drug-likeness (QED) is 0.724. The third-order valence-corrected chi connectivity index (χ3v) is 3.91. The van der Waals surface area contributed by atoms with E-state index in [1.54, 1.807) is 6.07 Å². The molecule has 1 saturated heterocycles. The molecule has 1 aromatic rings. The molecule has 92 valence electrons. The van der Waals surface area contributed by atoms with Crippen LogP contribution in [0.1, 0.15) is 28.8 Å². The molecule has 2 rings (SSSR count). The van der Waals surface area contributed by atoms with Gasteiger partial charge in [0, 0.05) is 28.5 Å². The molecule has 1 aliphatic heterocycles. The highest BCUT2D eigenvalue weighted by Crippen LogP contribution is 2.21. The number of amides is 1. The van der Waals surface area contributed by atoms with Crippen molar-refractivity contribution in [2.24, 2.45) is 0 Å². The van der Waals surface area contributed by atoms with Crippen LogP contribution in [0.3, 0.4) is 0 Å². The number of benzene rings is 1. The predicted molar refractivity (Wildman–Crippen MR) is 74.0 cm³/mol. The number of nitrogens with zero attached hydrogens (tertiary/aromatic N) is 1. The number of aryl methyl sites for hydroxylation is 1. The first-order valence-electron chi connectivity index (χ1n) is 5.77. The molecule has 2 nitrogen and oxygen atoms in total. The van der Waals surface area contributed by atoms with Gasteiger partial charge in [-0.15, -0.1) is 0 Å². The summed E-state index contributed by atoms with van der Waals surface area (Å²) in [5.41, 5.74) is 1.71. The summed E-state index contributed by atoms with van der Waals surface area (Å²) in [6.07, 6.45) is 2.19. The molecule has 0 saturated carbocycles. The van der Waals surface area contributed by atoms with Crippen LogP contribution in [0, 0.1) is 6.92 Å². The Bertz CT molecular complexity index is 415. The lowest BCUT2D eigenvalue weighted by atomic mass is 10.1. The molecule has 1 unspecified atom stereocenters. The van der Waals surface area contributed by atoms with Crippen LogP contribution in [0.4, 0.5) is 0 Å². The minimum Gasteiger partial charge on any atom is -0.338 e. The van der Waals surface area contributed by atoms with Gasteiger partial charge >= 0.3 is 0 Å². The Kier molecular flexibility index (Phi) is 4.10. The SMILES string of the molecule is Cc1cc(Cl)cc(C(=O)N2CCCC(Br)C2)c1. The fourth-order valence-corrected chi connectivity index (χ4v) is 3.12. The van der Waals surface area contributed by atoms with E-state index in [4.69, 9.17) is 11.6 Å². The summed E-state index contributed by atoms with van der Waals surface area (Å²) in [4.78, 5) is 14.6. The highest BCUT2D eigenvalue weighted by atomic mass is 79.9. The zero-order chi connectivity index (χ0) is 12.4. The predicted octanol–water partition coefficient (Wildman–Crippen LogP) is 3.65. The third kappa shape index (κ3) is 3.23. The number of carbonyl (C=O) groups excluding carboxylic acids is 1. The minimum absolute atomic E-state index is 0.0831. The van der Waals surface area contributed by atoms with E-state index in [1.165, 1.54) is 0 Å². The van der Waals surface area contributed by atoms with Gasteiger partial charge in [-0.3, -0.25) is 4.79 Å². The number of hydrogen-bond acceptors (Lipinski definition) is 1. The maximum absolute atomic E-state index is 12.3. The first-order valence-corrected chi connectivity index (χ1v) is 7.06. The first-order chi connectivity index (χ1) is 8.06. The summed E-state index contributed by atoms with van der Waals surface area (Å²) in [7, 11) is 0. The van der Waals surface area contributed by atoms with Gasteiger partial charge in [0.1, 0.15) is 0 Å². The van der Waals surface area contributed by atoms with E-state index in [2.05, 4.69) is 15.9 Å². The molecule has 1 amide bonds. The molecule has 17 heavy (non-hydrogen) atoms. The maximum Gasteiger partial charge on any atom is 0.253 e. The Morgan fingerprint density at radius 1 is 1.47 bits per heavy atom. The molecular weight excluding hydrogens is 302 g/mol. The summed E-state index contributed by atoms with van der Waals surface area (Å²) < 4.78 is 0. The van der Waals surface area contributed by atoms with E-state index in [9.17, 15) is 4.79 Å². The van der Waals surface area contributed by atoms with Crippen molar-refractivity contribution in [1.82, 2.24) is 4.90 Å². The van der Waals surface area contributed by atoms with Gasteiger partial charge in [0.2, 0.25) is 0 Å². The average molecular weight is 317 g/mol. The van der Waals surface area contributed by atoms with Crippen LogP contribution in [0.5, 0.6) is 0 Å². The molecule has 0 bridgehead atoms. The molecule has 0 radical (unpaired) electrons. The topological polar surface area (TPSA) is 20.3 Å². The normalized spacial score (nSPS) is 20.4. The lowest BCUT2D eigenvalue weighted by molar-refractivity contribution is 0.0730. The number of hydrogen-bond donors (Lipinski definition) is 0. The molecule has 0 N–H and O–H groups in total. The van der Waals surface area contributed by atoms with E-state index in [-0.39, 0.29) is 5.91 Å². The molecule has 0 aromatic heterocycles. The van der Waals surface area contributed by atoms with Gasteiger partial charge in [-0.2, -0.15) is 0 Å². The summed E-state index contributed by atoms with van der Waals surface area (Å²) in [6, 6.07) is 5.50. The number of piperidine rings is 1. The summed E-state index contributed by atoms with van der Waals surface area (Å²) >= 11 is 9.56. The van der Waals surface area contributed by atoms with Crippen molar-refractivity contribution in [3.05, 3.63) is 34.3 Å². The number of alkyl halides is 1. The van der Waals surface area contributed by atoms with E-state index in [0.29, 0.717) is 15.4 Å². The molecule has 1 aromatic carbocycles. The zero-order valence-corrected chi connectivity index (χ0v) is 12.1. The van der Waals surface area contributed by atoms with Crippen LogP contribution >= 0.6 is 27.5 Å². The highest BCUT2D eigenvalue weighted by Gasteiger charge is 2.23. The Hall–Kier alpha value is -0.540. The summed E-state index contributed by atoms with van der Waals surface area (Å²) in [6.45, 7) is 3.57. The molecule has 1 heterocycles. The summed E-state index contributed by atoms with van der Waals surface area (Å²) in [5.74, 6) is 0.0831. The number of halogens is 2. The molecule has 1 aliphatic rings. The zero-order valence-electron chi connectivity index (χ0n) is 9.75. The van der Waals surface area contributed by atoms with Crippen molar-refractivity contribution in [2.45, 2.75) is 24.6 Å². The van der Waals surface area contributed by atoms with E-state index >= 15 is 0 Å². The monoisotopic (exact) mass is 315 g/mol. The largest absolute Gasteiger partial charge is 0.338 e. The van der Waals surface area contributed by atoms with Crippen LogP contribution in [-0.4, -0.2) is 28.7 Å². The number of carbonyl (C=O) groups is 1. The summed E-state index contributed by atoms with van der Waals surface area (Å²) in [5, 5.41) is 0.626. The van der Waals surface area contributed by atoms with Crippen molar-refractivity contribution in [2.75, 3.05) is 13.1 Å². The van der Waals surface area contributed by atoms with Crippen LogP contribution in [-0.2, 0) is 0 Å². The van der Waals surface area contributed by atoms with Gasteiger partial charge in [-0.05, 0) is 43.5 Å². The van der Waals surface area contributed by atoms with Crippen molar-refractivity contribution in [3.63, 3.8) is 0 Å². The van der Waals surface area contributed by atoms with Crippen molar-refractivity contribution in [3.8, 4) is 0 Å². The average Bonchev–Trinajstić information content (AvgIpc) is 2.26. The minimum atomic E-state index is 0.0831. The van der Waals surface area contributed by atoms with Crippen molar-refractivity contribution >= 4 is 33.4 Å². The lowest BCUT2D eigenvalue weighted by Crippen LogP contribution is -2.40. The van der Waals surface area contributed by atoms with Crippen LogP contribution < -0.4 is 0 Å². The van der Waals surface area contributed by atoms with E-state index in [0.717, 1.165) is 31.5 Å². The van der Waals surface area contributed by atoms with Gasteiger partial charge in [0.25, 0.3) is 5.91 Å². The molecule has 1 atom stereocenters. The second kappa shape index (κ2) is 5.40. The second-order valence-corrected chi connectivity index (χ2v) is 6.24. The van der Waals surface area contributed by atoms with Gasteiger partial charge in [0.05, 0.1) is 0 Å². The first kappa shape index (κ1) is 12.9. The fraction of sp³-hybridized carbons (Fsp3) is 0.462. The third-order valence-electron chi connectivity index (χ3n) is 2.94. The Morgan fingerprint density at radius 2 is 2.24 bits per heavy atom. The lowest BCUT2D eigenvalue weighted by Gasteiger charge is -2.30. The van der Waals surface area contributed by atoms with Gasteiger partial charge < -0.3 is 4.90 Å². The van der Waals surface area contributed by atoms with Crippen LogP contribution in [0.2, 0.25) is 5.02 Å². The molecular formula is C13H15BrClNO. The van der Waals surface area contributed by atoms with Gasteiger partial charge in [-0.1, -0.05) is 27.5 Å². The highest BCUT2D eigenvalue weighted by molar-refractivity contribution is 9.09. The van der Waals surface area contributed by atoms with Crippen LogP contribution in [0.15, 0.2) is 18.2 Å². The van der Waals surface area contributed by atoms with E-state index < -0.39 is 0 Å². The molecule has 0 aliphatic carbocycles. The molecule has 0 spiro atoms. The van der Waals surface area contributed by atoms with Crippen molar-refractivity contribution in [1.29, 1.82) is 0 Å². The number of likely N-dealkylation sites (tertiary alicyclic amines) is 1. The van der Waals surface area contributed by atoms with E-state index in [1.807, 2.05) is 24.0 Å². The fourth-order valence-electron chi connectivity index (χ4n) is 2.15. The molecule has 1 fully saturated rings. The van der Waals surface area contributed by atoms with Gasteiger partial charge in [-0.25, -0.2) is 0 Å². The standard InChI is InChI=1S/C13H15BrClNO/c1-9-5-10(7-12(15)6-9)13(17)16-4-2-3-11(14)8-16/h5-7,11H,2-4,8H2,1H3. The Morgan fingerprint density at radius 3 is 2.88 bits per heavy atom. The Balaban J connectivity index is 2.18. The second-order valence-electron chi connectivity index (χ2n) is 4.51. The van der Waals surface area contributed by atoms with Crippen LogP contribution in [0.25, 0.3) is 0 Å².